The molecule has 4 atom stereocenters. The van der Waals surface area contributed by atoms with Crippen LogP contribution in [-0.4, -0.2) is 99.7 Å². The molecule has 3 amide bonds. The van der Waals surface area contributed by atoms with Gasteiger partial charge in [-0.2, -0.15) is 0 Å². The lowest BCUT2D eigenvalue weighted by molar-refractivity contribution is -0.143. The number of carboxylic acid groups (broad SMARTS) is 2. The van der Waals surface area contributed by atoms with Crippen LogP contribution >= 0.6 is 0 Å². The molecule has 0 aliphatic carbocycles. The van der Waals surface area contributed by atoms with E-state index in [-0.39, 0.29) is 6.54 Å². The Bertz CT molecular complexity index is 873. The maximum atomic E-state index is 13.2. The van der Waals surface area contributed by atoms with Crippen molar-refractivity contribution in [1.82, 2.24) is 15.1 Å². The zero-order chi connectivity index (χ0) is 28.5. The number of rotatable bonds is 8. The van der Waals surface area contributed by atoms with Crippen LogP contribution in [0.2, 0.25) is 6.32 Å². The molecule has 37 heavy (non-hydrogen) atoms. The second-order valence-electron chi connectivity index (χ2n) is 11.9. The second-order valence-corrected chi connectivity index (χ2v) is 11.9. The zero-order valence-corrected chi connectivity index (χ0v) is 23.4. The van der Waals surface area contributed by atoms with Crippen LogP contribution in [0.4, 0.5) is 9.59 Å². The van der Waals surface area contributed by atoms with Gasteiger partial charge in [0.25, 0.3) is 0 Å². The first-order chi connectivity index (χ1) is 16.8. The molecular weight excluding hydrogens is 485 g/mol. The fourth-order valence-corrected chi connectivity index (χ4v) is 4.78. The molecule has 0 spiro atoms. The van der Waals surface area contributed by atoms with Crippen molar-refractivity contribution in [3.63, 3.8) is 0 Å². The van der Waals surface area contributed by atoms with E-state index in [2.05, 4.69) is 5.32 Å². The third kappa shape index (κ3) is 7.28. The van der Waals surface area contributed by atoms with Gasteiger partial charge < -0.3 is 34.5 Å². The van der Waals surface area contributed by atoms with Crippen LogP contribution in [0.15, 0.2) is 0 Å². The number of ether oxygens (including phenoxy) is 1. The molecule has 0 saturated carbocycles. The number of carbonyl (C=O) groups is 4. The normalized spacial score (nSPS) is 25.5. The molecule has 0 bridgehead atoms. The standard InChI is InChI=1S/C24H42BN3O9/c1-14(26-20(32)35-22(2,3)4)18(29)27(9)16-13-28(21(33)34)17(19(30)31)15(16)11-10-12-25-36-23(5,6)24(7,8)37-25/h14-17H,10-13H2,1-9H3,(H,26,32)(H,30,31)(H,33,34)/t14-,15+,16-,17-/m0/s1. The molecule has 0 aromatic heterocycles. The van der Waals surface area contributed by atoms with Gasteiger partial charge in [-0.25, -0.2) is 14.4 Å². The van der Waals surface area contributed by atoms with E-state index in [0.717, 1.165) is 4.90 Å². The van der Waals surface area contributed by atoms with Gasteiger partial charge in [0, 0.05) is 19.5 Å². The van der Waals surface area contributed by atoms with Crippen LogP contribution in [0.1, 0.15) is 68.2 Å². The minimum atomic E-state index is -1.37. The lowest BCUT2D eigenvalue weighted by Gasteiger charge is -2.32. The summed E-state index contributed by atoms with van der Waals surface area (Å²) >= 11 is 0. The number of nitrogens with one attached hydrogen (secondary N) is 1. The Morgan fingerprint density at radius 2 is 1.68 bits per heavy atom. The molecule has 2 aliphatic heterocycles. The molecule has 0 aromatic carbocycles. The van der Waals surface area contributed by atoms with Gasteiger partial charge in [-0.15, -0.1) is 0 Å². The number of carbonyl (C=O) groups excluding carboxylic acids is 2. The highest BCUT2D eigenvalue weighted by Gasteiger charge is 2.52. The van der Waals surface area contributed by atoms with Crippen LogP contribution in [0.3, 0.4) is 0 Å². The van der Waals surface area contributed by atoms with Crippen molar-refractivity contribution in [3.05, 3.63) is 0 Å². The molecule has 2 rings (SSSR count). The maximum Gasteiger partial charge on any atom is 0.457 e. The van der Waals surface area contributed by atoms with Crippen molar-refractivity contribution >= 4 is 31.2 Å². The summed E-state index contributed by atoms with van der Waals surface area (Å²) in [5.74, 6) is -2.42. The van der Waals surface area contributed by atoms with E-state index in [1.807, 2.05) is 27.7 Å². The minimum absolute atomic E-state index is 0.158. The summed E-state index contributed by atoms with van der Waals surface area (Å²) in [5, 5.41) is 22.1. The first kappa shape index (κ1) is 30.7. The number of aliphatic carboxylic acids is 1. The van der Waals surface area contributed by atoms with Crippen molar-refractivity contribution in [1.29, 1.82) is 0 Å². The number of hydrogen-bond donors (Lipinski definition) is 3. The predicted molar refractivity (Wildman–Crippen MR) is 135 cm³/mol. The molecular formula is C24H42BN3O9. The fourth-order valence-electron chi connectivity index (χ4n) is 4.78. The van der Waals surface area contributed by atoms with E-state index < -0.39 is 72.0 Å². The van der Waals surface area contributed by atoms with Crippen molar-refractivity contribution < 1.29 is 43.4 Å². The molecule has 0 aromatic rings. The van der Waals surface area contributed by atoms with Crippen LogP contribution in [0, 0.1) is 5.92 Å². The average Bonchev–Trinajstić information content (AvgIpc) is 3.19. The average molecular weight is 527 g/mol. The van der Waals surface area contributed by atoms with E-state index in [4.69, 9.17) is 14.0 Å². The first-order valence-electron chi connectivity index (χ1n) is 12.6. The molecule has 12 nitrogen and oxygen atoms in total. The van der Waals surface area contributed by atoms with Gasteiger partial charge in [-0.1, -0.05) is 6.42 Å². The number of nitrogens with zero attached hydrogens (tertiary/aromatic N) is 2. The highest BCUT2D eigenvalue weighted by Crippen LogP contribution is 2.39. The van der Waals surface area contributed by atoms with Crippen LogP contribution < -0.4 is 5.32 Å². The van der Waals surface area contributed by atoms with Gasteiger partial charge in [0.15, 0.2) is 0 Å². The Morgan fingerprint density at radius 1 is 1.14 bits per heavy atom. The number of amides is 3. The van der Waals surface area contributed by atoms with Gasteiger partial charge in [0.2, 0.25) is 5.91 Å². The molecule has 2 heterocycles. The Kier molecular flexibility index (Phi) is 9.18. The predicted octanol–water partition coefficient (Wildman–Crippen LogP) is 2.66. The Balaban J connectivity index is 2.15. The van der Waals surface area contributed by atoms with Crippen LogP contribution in [0.5, 0.6) is 0 Å². The van der Waals surface area contributed by atoms with E-state index >= 15 is 0 Å². The monoisotopic (exact) mass is 527 g/mol. The van der Waals surface area contributed by atoms with Gasteiger partial charge in [-0.3, -0.25) is 9.69 Å². The summed E-state index contributed by atoms with van der Waals surface area (Å²) < 4.78 is 17.2. The van der Waals surface area contributed by atoms with Crippen molar-refractivity contribution in [2.24, 2.45) is 5.92 Å². The van der Waals surface area contributed by atoms with Crippen molar-refractivity contribution in [3.8, 4) is 0 Å². The third-order valence-electron chi connectivity index (χ3n) is 7.35. The Morgan fingerprint density at radius 3 is 2.14 bits per heavy atom. The largest absolute Gasteiger partial charge is 0.480 e. The molecule has 0 radical (unpaired) electrons. The number of alkyl carbamates (subject to hydrolysis) is 1. The summed E-state index contributed by atoms with van der Waals surface area (Å²) in [5.41, 5.74) is -1.74. The summed E-state index contributed by atoms with van der Waals surface area (Å²) in [6.07, 6.45) is -0.803. The summed E-state index contributed by atoms with van der Waals surface area (Å²) in [7, 11) is 1.02. The molecule has 3 N–H and O–H groups in total. The lowest BCUT2D eigenvalue weighted by Crippen LogP contribution is -2.52. The van der Waals surface area contributed by atoms with Crippen molar-refractivity contribution in [2.75, 3.05) is 13.6 Å². The molecule has 2 fully saturated rings. The molecule has 2 saturated heterocycles. The van der Waals surface area contributed by atoms with E-state index in [0.29, 0.717) is 19.2 Å². The quantitative estimate of drug-likeness (QED) is 0.404. The maximum absolute atomic E-state index is 13.2. The smallest absolute Gasteiger partial charge is 0.457 e. The van der Waals surface area contributed by atoms with Crippen LogP contribution in [0.25, 0.3) is 0 Å². The highest BCUT2D eigenvalue weighted by molar-refractivity contribution is 6.45. The van der Waals surface area contributed by atoms with Gasteiger partial charge in [0.05, 0.1) is 17.2 Å². The summed E-state index contributed by atoms with van der Waals surface area (Å²) in [4.78, 5) is 51.5. The highest BCUT2D eigenvalue weighted by atomic mass is 16.7. The SMILES string of the molecule is C[C@H](NC(=O)OC(C)(C)C)C(=O)N(C)[C@H]1CN(C(=O)O)[C@H](C(=O)O)[C@@H]1CCCB1OC(C)(C)C(C)(C)O1. The first-order valence-corrected chi connectivity index (χ1v) is 12.6. The van der Waals surface area contributed by atoms with E-state index in [1.165, 1.54) is 18.9 Å². The molecule has 0 unspecified atom stereocenters. The fraction of sp³-hybridized carbons (Fsp3) is 0.833. The third-order valence-corrected chi connectivity index (χ3v) is 7.35. The number of likely N-dealkylation sites (N-methyl/N-ethyl adjacent to an activating group) is 1. The summed E-state index contributed by atoms with van der Waals surface area (Å²) in [6, 6.07) is -2.98. The molecule has 210 valence electrons. The van der Waals surface area contributed by atoms with Gasteiger partial charge in [-0.05, 0) is 68.1 Å². The van der Waals surface area contributed by atoms with E-state index in [1.54, 1.807) is 20.8 Å². The summed E-state index contributed by atoms with van der Waals surface area (Å²) in [6.45, 7) is 14.2. The zero-order valence-electron chi connectivity index (χ0n) is 23.4. The number of likely N-dealkylation sites (tertiary alicyclic amines) is 1. The second kappa shape index (κ2) is 11.1. The number of hydrogen-bond acceptors (Lipinski definition) is 7. The number of carboxylic acids is 1. The molecule has 13 heteroatoms. The van der Waals surface area contributed by atoms with Crippen molar-refractivity contribution in [2.45, 2.75) is 109 Å². The van der Waals surface area contributed by atoms with Crippen LogP contribution in [-0.2, 0) is 23.6 Å². The topological polar surface area (TPSA) is 155 Å². The minimum Gasteiger partial charge on any atom is -0.480 e. The van der Waals surface area contributed by atoms with Gasteiger partial charge in [0.1, 0.15) is 17.7 Å². The Hall–Kier alpha value is -2.54. The van der Waals surface area contributed by atoms with Gasteiger partial charge >= 0.3 is 25.3 Å². The van der Waals surface area contributed by atoms with E-state index in [9.17, 15) is 29.4 Å². The Labute approximate surface area is 219 Å². The lowest BCUT2D eigenvalue weighted by atomic mass is 9.79. The molecule has 2 aliphatic rings.